The van der Waals surface area contributed by atoms with Gasteiger partial charge in [0.05, 0.1) is 25.3 Å². The molecule has 1 aliphatic rings. The molecule has 0 aromatic heterocycles. The molecule has 0 radical (unpaired) electrons. The van der Waals surface area contributed by atoms with Crippen LogP contribution in [0.15, 0.2) is 0 Å². The van der Waals surface area contributed by atoms with Gasteiger partial charge >= 0.3 is 5.97 Å². The molecule has 0 bridgehead atoms. The molecule has 16 heavy (non-hydrogen) atoms. The van der Waals surface area contributed by atoms with Crippen LogP contribution in [-0.4, -0.2) is 54.2 Å². The van der Waals surface area contributed by atoms with Crippen molar-refractivity contribution < 1.29 is 19.4 Å². The zero-order chi connectivity index (χ0) is 12.3. The highest BCUT2D eigenvalue weighted by Gasteiger charge is 2.39. The number of hydrogen-bond acceptors (Lipinski definition) is 4. The Morgan fingerprint density at radius 3 is 2.69 bits per heavy atom. The molecule has 1 saturated heterocycles. The van der Waals surface area contributed by atoms with Crippen LogP contribution in [0, 0.1) is 5.92 Å². The Hall–Kier alpha value is -1.14. The van der Waals surface area contributed by atoms with Crippen molar-refractivity contribution >= 4 is 11.9 Å². The Morgan fingerprint density at radius 2 is 2.19 bits per heavy atom. The molecule has 1 heterocycles. The highest BCUT2D eigenvalue weighted by Crippen LogP contribution is 2.19. The first-order chi connectivity index (χ1) is 7.49. The van der Waals surface area contributed by atoms with Gasteiger partial charge in [-0.1, -0.05) is 6.92 Å². The fourth-order valence-corrected chi connectivity index (χ4v) is 1.76. The van der Waals surface area contributed by atoms with Gasteiger partial charge in [-0.2, -0.15) is 0 Å². The van der Waals surface area contributed by atoms with E-state index in [-0.39, 0.29) is 19.1 Å². The molecule has 92 valence electrons. The number of nitrogens with zero attached hydrogens (tertiary/aromatic N) is 1. The predicted molar refractivity (Wildman–Crippen MR) is 56.8 cm³/mol. The Labute approximate surface area is 94.3 Å². The van der Waals surface area contributed by atoms with E-state index in [0.29, 0.717) is 6.42 Å². The van der Waals surface area contributed by atoms with Gasteiger partial charge in [0.25, 0.3) is 0 Å². The lowest BCUT2D eigenvalue weighted by Gasteiger charge is -2.28. The van der Waals surface area contributed by atoms with Gasteiger partial charge in [0, 0.05) is 7.05 Å². The van der Waals surface area contributed by atoms with Crippen molar-refractivity contribution in [1.82, 2.24) is 4.90 Å². The van der Waals surface area contributed by atoms with Crippen LogP contribution in [0.3, 0.4) is 0 Å². The highest BCUT2D eigenvalue weighted by molar-refractivity contribution is 5.82. The first kappa shape index (κ1) is 12.9. The van der Waals surface area contributed by atoms with E-state index in [2.05, 4.69) is 0 Å². The summed E-state index contributed by atoms with van der Waals surface area (Å²) >= 11 is 0. The summed E-state index contributed by atoms with van der Waals surface area (Å²) in [5.41, 5.74) is 5.63. The van der Waals surface area contributed by atoms with Crippen LogP contribution in [0.25, 0.3) is 0 Å². The summed E-state index contributed by atoms with van der Waals surface area (Å²) in [7, 11) is 1.58. The number of carbonyl (C=O) groups is 2. The van der Waals surface area contributed by atoms with Crippen molar-refractivity contribution in [3.8, 4) is 0 Å². The highest BCUT2D eigenvalue weighted by atomic mass is 16.5. The summed E-state index contributed by atoms with van der Waals surface area (Å²) in [4.78, 5) is 24.1. The van der Waals surface area contributed by atoms with E-state index >= 15 is 0 Å². The number of amides is 1. The number of aliphatic carboxylic acids is 1. The molecule has 0 saturated carbocycles. The van der Waals surface area contributed by atoms with Crippen LogP contribution in [-0.2, 0) is 14.3 Å². The summed E-state index contributed by atoms with van der Waals surface area (Å²) in [6.45, 7) is 2.23. The minimum Gasteiger partial charge on any atom is -0.481 e. The smallest absolute Gasteiger partial charge is 0.311 e. The van der Waals surface area contributed by atoms with Gasteiger partial charge in [-0.15, -0.1) is 0 Å². The number of hydrogen-bond donors (Lipinski definition) is 2. The number of carbonyl (C=O) groups excluding carboxylic acids is 1. The third-order valence-corrected chi connectivity index (χ3v) is 2.97. The third-order valence-electron chi connectivity index (χ3n) is 2.97. The van der Waals surface area contributed by atoms with E-state index < -0.39 is 24.0 Å². The molecule has 3 N–H and O–H groups in total. The van der Waals surface area contributed by atoms with Gasteiger partial charge < -0.3 is 20.5 Å². The molecule has 0 aromatic rings. The Kier molecular flexibility index (Phi) is 4.26. The van der Waals surface area contributed by atoms with Crippen LogP contribution in [0.4, 0.5) is 0 Å². The monoisotopic (exact) mass is 230 g/mol. The molecule has 0 spiro atoms. The first-order valence-electron chi connectivity index (χ1n) is 5.31. The molecule has 1 rings (SSSR count). The molecular weight excluding hydrogens is 212 g/mol. The minimum absolute atomic E-state index is 0.152. The third kappa shape index (κ3) is 2.51. The molecular formula is C10H18N2O4. The second-order valence-electron chi connectivity index (χ2n) is 4.01. The quantitative estimate of drug-likeness (QED) is 0.665. The fourth-order valence-electron chi connectivity index (χ4n) is 1.76. The Bertz CT molecular complexity index is 282. The van der Waals surface area contributed by atoms with Crippen molar-refractivity contribution in [2.24, 2.45) is 11.7 Å². The number of nitrogens with two attached hydrogens (primary N) is 1. The van der Waals surface area contributed by atoms with Gasteiger partial charge in [0.1, 0.15) is 5.92 Å². The molecule has 1 amide bonds. The van der Waals surface area contributed by atoms with Crippen LogP contribution in [0.1, 0.15) is 13.3 Å². The predicted octanol–water partition coefficient (Wildman–Crippen LogP) is -0.718. The summed E-state index contributed by atoms with van der Waals surface area (Å²) in [5, 5.41) is 8.96. The summed E-state index contributed by atoms with van der Waals surface area (Å²) in [6, 6.07) is -0.984. The average molecular weight is 230 g/mol. The number of likely N-dealkylation sites (N-methyl/N-ethyl adjacent to an activating group) is 1. The molecule has 3 atom stereocenters. The zero-order valence-electron chi connectivity index (χ0n) is 9.55. The molecule has 6 heteroatoms. The zero-order valence-corrected chi connectivity index (χ0v) is 9.55. The van der Waals surface area contributed by atoms with Crippen molar-refractivity contribution in [1.29, 1.82) is 0 Å². The molecule has 6 nitrogen and oxygen atoms in total. The van der Waals surface area contributed by atoms with Crippen molar-refractivity contribution in [2.45, 2.75) is 25.4 Å². The van der Waals surface area contributed by atoms with Crippen molar-refractivity contribution in [2.75, 3.05) is 20.3 Å². The Balaban J connectivity index is 2.69. The van der Waals surface area contributed by atoms with Gasteiger partial charge in [-0.3, -0.25) is 9.59 Å². The minimum atomic E-state index is -0.938. The van der Waals surface area contributed by atoms with Crippen LogP contribution < -0.4 is 5.73 Å². The van der Waals surface area contributed by atoms with Gasteiger partial charge in [0.2, 0.25) is 5.91 Å². The molecule has 0 aromatic carbocycles. The van der Waals surface area contributed by atoms with E-state index in [1.165, 1.54) is 4.90 Å². The van der Waals surface area contributed by atoms with Gasteiger partial charge in [0.15, 0.2) is 0 Å². The maximum absolute atomic E-state index is 11.8. The van der Waals surface area contributed by atoms with E-state index in [0.717, 1.165) is 0 Å². The summed E-state index contributed by atoms with van der Waals surface area (Å²) in [5.74, 6) is -1.82. The lowest BCUT2D eigenvalue weighted by atomic mass is 10.0. The second-order valence-corrected chi connectivity index (χ2v) is 4.01. The fraction of sp³-hybridized carbons (Fsp3) is 0.800. The molecule has 2 unspecified atom stereocenters. The van der Waals surface area contributed by atoms with Crippen molar-refractivity contribution in [3.05, 3.63) is 0 Å². The van der Waals surface area contributed by atoms with E-state index in [9.17, 15) is 9.59 Å². The topological polar surface area (TPSA) is 92.9 Å². The van der Waals surface area contributed by atoms with Crippen LogP contribution in [0.5, 0.6) is 0 Å². The maximum atomic E-state index is 11.8. The normalized spacial score (nSPS) is 26.4. The first-order valence-corrected chi connectivity index (χ1v) is 5.31. The van der Waals surface area contributed by atoms with E-state index in [1.807, 2.05) is 6.92 Å². The number of ether oxygens (including phenoxy) is 1. The van der Waals surface area contributed by atoms with E-state index in [1.54, 1.807) is 7.05 Å². The summed E-state index contributed by atoms with van der Waals surface area (Å²) < 4.78 is 5.10. The average Bonchev–Trinajstić information content (AvgIpc) is 2.74. The number of carboxylic acid groups (broad SMARTS) is 1. The number of carboxylic acids is 1. The molecule has 0 aliphatic carbocycles. The lowest BCUT2D eigenvalue weighted by Crippen LogP contribution is -2.50. The SMILES string of the molecule is CC[C@H](N)C(=O)N(C)C1COCC1C(=O)O. The largest absolute Gasteiger partial charge is 0.481 e. The van der Waals surface area contributed by atoms with Gasteiger partial charge in [-0.05, 0) is 6.42 Å². The standard InChI is InChI=1S/C10H18N2O4/c1-3-7(11)9(13)12(2)8-5-16-4-6(8)10(14)15/h6-8H,3-5,11H2,1-2H3,(H,14,15)/t6?,7-,8?/m0/s1. The number of rotatable bonds is 4. The second kappa shape index (κ2) is 5.27. The summed E-state index contributed by atoms with van der Waals surface area (Å²) in [6.07, 6.45) is 0.536. The van der Waals surface area contributed by atoms with Crippen LogP contribution >= 0.6 is 0 Å². The van der Waals surface area contributed by atoms with E-state index in [4.69, 9.17) is 15.6 Å². The Morgan fingerprint density at radius 1 is 1.56 bits per heavy atom. The maximum Gasteiger partial charge on any atom is 0.311 e. The lowest BCUT2D eigenvalue weighted by molar-refractivity contribution is -0.144. The van der Waals surface area contributed by atoms with Crippen molar-refractivity contribution in [3.63, 3.8) is 0 Å². The molecule has 1 aliphatic heterocycles. The van der Waals surface area contributed by atoms with Gasteiger partial charge in [-0.25, -0.2) is 0 Å². The van der Waals surface area contributed by atoms with Crippen LogP contribution in [0.2, 0.25) is 0 Å². The molecule has 1 fully saturated rings.